The first-order chi connectivity index (χ1) is 18.5. The molecule has 1 nitrogen and oxygen atoms in total. The number of hydrogen-bond acceptors (Lipinski definition) is 0. The van der Waals surface area contributed by atoms with Crippen molar-refractivity contribution in [1.29, 1.82) is 0 Å². The van der Waals surface area contributed by atoms with Gasteiger partial charge in [-0.05, 0) is 52.2 Å². The lowest BCUT2D eigenvalue weighted by molar-refractivity contribution is 1.18. The maximum atomic E-state index is 8.98. The second kappa shape index (κ2) is 6.86. The van der Waals surface area contributed by atoms with Crippen molar-refractivity contribution in [3.05, 3.63) is 113 Å². The molecule has 0 fully saturated rings. The van der Waals surface area contributed by atoms with Gasteiger partial charge >= 0.3 is 0 Å². The number of rotatable bonds is 2. The van der Waals surface area contributed by atoms with Crippen LogP contribution in [0, 0.1) is 0 Å². The normalized spacial score (nSPS) is 15.7. The third kappa shape index (κ3) is 2.68. The van der Waals surface area contributed by atoms with Crippen LogP contribution in [0.3, 0.4) is 0 Å². The average molecular weight is 457 g/mol. The quantitative estimate of drug-likeness (QED) is 0.246. The van der Waals surface area contributed by atoms with E-state index in [1.807, 2.05) is 54.6 Å². The van der Waals surface area contributed by atoms with Gasteiger partial charge in [-0.2, -0.15) is 0 Å². The summed E-state index contributed by atoms with van der Waals surface area (Å²) in [5.41, 5.74) is 0.679. The predicted molar refractivity (Wildman–Crippen MR) is 131 cm³/mol. The monoisotopic (exact) mass is 456 g/mol. The topological polar surface area (TPSA) is 4.93 Å². The Bertz CT molecular complexity index is 1970. The molecule has 0 unspecified atom stereocenters. The molecule has 0 amide bonds. The number of halogens is 1. The molecule has 0 aliphatic carbocycles. The van der Waals surface area contributed by atoms with E-state index in [0.29, 0.717) is 11.0 Å². The first kappa shape index (κ1) is 10.6. The molecule has 0 saturated heterocycles. The van der Waals surface area contributed by atoms with Crippen molar-refractivity contribution in [2.45, 2.75) is 0 Å². The summed E-state index contributed by atoms with van der Waals surface area (Å²) >= 11 is 3.52. The number of benzene rings is 5. The minimum atomic E-state index is -0.605. The van der Waals surface area contributed by atoms with E-state index in [1.165, 1.54) is 0 Å². The van der Waals surface area contributed by atoms with Crippen molar-refractivity contribution >= 4 is 48.5 Å². The fourth-order valence-electron chi connectivity index (χ4n) is 3.92. The summed E-state index contributed by atoms with van der Waals surface area (Å²) < 4.78 is 78.7. The lowest BCUT2D eigenvalue weighted by atomic mass is 10.0. The highest BCUT2D eigenvalue weighted by atomic mass is 79.9. The standard InChI is InChI=1S/C28H18BrN/c29-22-13-16-25-27(18-22)30(26-17-12-21-8-4-5-9-24(21)28(25)26)23-14-10-20(11-15-23)19-6-2-1-3-7-19/h1-18H/i1D,2D,3D,6D,7D,10D,11D,14D,15D. The van der Waals surface area contributed by atoms with Gasteiger partial charge in [0.05, 0.1) is 23.4 Å². The molecule has 142 valence electrons. The SMILES string of the molecule is [2H]c1c([2H])c([2H])c(-c2c([2H])c([2H])c(-n3c4cc(Br)ccc4c4c5ccccc5ccc43)c([2H])c2[2H])c([2H])c1[2H]. The van der Waals surface area contributed by atoms with E-state index in [0.717, 1.165) is 26.0 Å². The summed E-state index contributed by atoms with van der Waals surface area (Å²) in [4.78, 5) is 0. The van der Waals surface area contributed by atoms with Crippen LogP contribution in [0.5, 0.6) is 0 Å². The highest BCUT2D eigenvalue weighted by Crippen LogP contribution is 2.38. The van der Waals surface area contributed by atoms with Crippen molar-refractivity contribution in [3.63, 3.8) is 0 Å². The summed E-state index contributed by atoms with van der Waals surface area (Å²) in [5.74, 6) is 0. The zero-order valence-corrected chi connectivity index (χ0v) is 17.1. The highest BCUT2D eigenvalue weighted by Gasteiger charge is 2.15. The Morgan fingerprint density at radius 1 is 0.667 bits per heavy atom. The van der Waals surface area contributed by atoms with E-state index in [9.17, 15) is 0 Å². The summed E-state index contributed by atoms with van der Waals surface area (Å²) in [5, 5.41) is 3.77. The fraction of sp³-hybridized carbons (Fsp3) is 0. The Balaban J connectivity index is 1.77. The Morgan fingerprint density at radius 2 is 1.43 bits per heavy atom. The molecular weight excluding hydrogens is 430 g/mol. The largest absolute Gasteiger partial charge is 0.309 e. The number of aromatic nitrogens is 1. The van der Waals surface area contributed by atoms with Gasteiger partial charge in [-0.25, -0.2) is 0 Å². The minimum Gasteiger partial charge on any atom is -0.309 e. The summed E-state index contributed by atoms with van der Waals surface area (Å²) in [6.45, 7) is 0. The first-order valence-corrected chi connectivity index (χ1v) is 10.1. The molecule has 6 aromatic rings. The fourth-order valence-corrected chi connectivity index (χ4v) is 4.27. The third-order valence-corrected chi connectivity index (χ3v) is 5.70. The molecule has 0 radical (unpaired) electrons. The molecule has 1 heterocycles. The van der Waals surface area contributed by atoms with Gasteiger partial charge in [0.15, 0.2) is 0 Å². The molecule has 5 aromatic carbocycles. The van der Waals surface area contributed by atoms with E-state index < -0.39 is 42.3 Å². The summed E-state index contributed by atoms with van der Waals surface area (Å²) in [7, 11) is 0. The zero-order valence-electron chi connectivity index (χ0n) is 24.5. The summed E-state index contributed by atoms with van der Waals surface area (Å²) in [6, 6.07) is 12.7. The van der Waals surface area contributed by atoms with E-state index in [-0.39, 0.29) is 28.9 Å². The third-order valence-electron chi connectivity index (χ3n) is 5.20. The van der Waals surface area contributed by atoms with Crippen LogP contribution in [0.1, 0.15) is 12.3 Å². The molecule has 30 heavy (non-hydrogen) atoms. The van der Waals surface area contributed by atoms with Gasteiger partial charge in [0.25, 0.3) is 0 Å². The second-order valence-corrected chi connectivity index (χ2v) is 7.82. The second-order valence-electron chi connectivity index (χ2n) is 6.90. The molecule has 0 N–H and O–H groups in total. The van der Waals surface area contributed by atoms with Crippen molar-refractivity contribution in [2.75, 3.05) is 0 Å². The van der Waals surface area contributed by atoms with Crippen LogP contribution >= 0.6 is 15.9 Å². The van der Waals surface area contributed by atoms with Crippen LogP contribution in [0.2, 0.25) is 0 Å². The molecule has 0 saturated carbocycles. The molecule has 0 spiro atoms. The highest BCUT2D eigenvalue weighted by molar-refractivity contribution is 9.10. The van der Waals surface area contributed by atoms with Crippen LogP contribution in [0.15, 0.2) is 113 Å². The minimum absolute atomic E-state index is 0.00879. The van der Waals surface area contributed by atoms with Gasteiger partial charge < -0.3 is 4.57 Å². The van der Waals surface area contributed by atoms with Crippen LogP contribution < -0.4 is 0 Å². The molecule has 1 aromatic heterocycles. The average Bonchev–Trinajstić information content (AvgIpc) is 3.25. The van der Waals surface area contributed by atoms with Crippen LogP contribution in [0.4, 0.5) is 0 Å². The number of hydrogen-bond donors (Lipinski definition) is 0. The van der Waals surface area contributed by atoms with Crippen molar-refractivity contribution in [2.24, 2.45) is 0 Å². The molecule has 2 heteroatoms. The molecule has 6 rings (SSSR count). The van der Waals surface area contributed by atoms with Gasteiger partial charge in [0, 0.05) is 20.9 Å². The molecule has 0 aliphatic rings. The molecule has 0 atom stereocenters. The summed E-state index contributed by atoms with van der Waals surface area (Å²) in [6.07, 6.45) is 0. The first-order valence-electron chi connectivity index (χ1n) is 13.8. The van der Waals surface area contributed by atoms with E-state index >= 15 is 0 Å². The number of nitrogens with zero attached hydrogens (tertiary/aromatic N) is 1. The van der Waals surface area contributed by atoms with Crippen molar-refractivity contribution < 1.29 is 12.3 Å². The van der Waals surface area contributed by atoms with Crippen LogP contribution in [0.25, 0.3) is 49.4 Å². The lowest BCUT2D eigenvalue weighted by Gasteiger charge is -2.10. The van der Waals surface area contributed by atoms with E-state index in [4.69, 9.17) is 12.3 Å². The number of fused-ring (bicyclic) bond motifs is 5. The van der Waals surface area contributed by atoms with E-state index in [1.54, 1.807) is 4.57 Å². The lowest BCUT2D eigenvalue weighted by Crippen LogP contribution is -1.93. The maximum absolute atomic E-state index is 8.98. The van der Waals surface area contributed by atoms with Gasteiger partial charge in [-0.15, -0.1) is 0 Å². The predicted octanol–water partition coefficient (Wildman–Crippen LogP) is 8.37. The molecular formula is C28H18BrN. The van der Waals surface area contributed by atoms with Gasteiger partial charge in [0.1, 0.15) is 0 Å². The van der Waals surface area contributed by atoms with Gasteiger partial charge in [-0.1, -0.05) is 94.6 Å². The Kier molecular flexibility index (Phi) is 2.42. The zero-order chi connectivity index (χ0) is 27.9. The smallest absolute Gasteiger partial charge is 0.0645 e. The van der Waals surface area contributed by atoms with Gasteiger partial charge in [0.2, 0.25) is 0 Å². The van der Waals surface area contributed by atoms with Crippen molar-refractivity contribution in [1.82, 2.24) is 4.57 Å². The van der Waals surface area contributed by atoms with Gasteiger partial charge in [-0.3, -0.25) is 0 Å². The Labute approximate surface area is 196 Å². The Hall–Kier alpha value is -3.36. The van der Waals surface area contributed by atoms with Crippen LogP contribution in [-0.2, 0) is 0 Å². The maximum Gasteiger partial charge on any atom is 0.0645 e. The van der Waals surface area contributed by atoms with Crippen molar-refractivity contribution in [3.8, 4) is 16.8 Å². The molecule has 0 bridgehead atoms. The Morgan fingerprint density at radius 3 is 2.27 bits per heavy atom. The molecule has 0 aliphatic heterocycles. The van der Waals surface area contributed by atoms with E-state index in [2.05, 4.69) is 15.9 Å². The van der Waals surface area contributed by atoms with Crippen LogP contribution in [-0.4, -0.2) is 4.57 Å².